The Kier molecular flexibility index (Phi) is 6.11. The fourth-order valence-electron chi connectivity index (χ4n) is 2.38. The number of amides is 1. The number of hydrogen-bond donors (Lipinski definition) is 1. The first-order chi connectivity index (χ1) is 11.1. The number of hydrogen-bond acceptors (Lipinski definition) is 3. The molecular formula is C18H16BrN2O2S-. The zero-order valence-corrected chi connectivity index (χ0v) is 15.4. The van der Waals surface area contributed by atoms with E-state index < -0.39 is 0 Å². The highest BCUT2D eigenvalue weighted by Crippen LogP contribution is 2.25. The van der Waals surface area contributed by atoms with Crippen LogP contribution in [0, 0.1) is 6.92 Å². The predicted octanol–water partition coefficient (Wildman–Crippen LogP) is 0.202. The van der Waals surface area contributed by atoms with Gasteiger partial charge in [0.15, 0.2) is 0 Å². The molecule has 0 fully saturated rings. The number of carbonyl (C=O) groups is 1. The molecule has 3 aromatic rings. The molecule has 0 saturated carbocycles. The lowest BCUT2D eigenvalue weighted by molar-refractivity contribution is -0.116. The van der Waals surface area contributed by atoms with Crippen LogP contribution in [0.3, 0.4) is 0 Å². The van der Waals surface area contributed by atoms with E-state index in [1.165, 1.54) is 4.68 Å². The van der Waals surface area contributed by atoms with Gasteiger partial charge in [-0.05, 0) is 18.1 Å². The molecule has 1 amide bonds. The van der Waals surface area contributed by atoms with Crippen molar-refractivity contribution in [3.8, 4) is 10.4 Å². The van der Waals surface area contributed by atoms with Crippen molar-refractivity contribution in [3.05, 3.63) is 81.6 Å². The van der Waals surface area contributed by atoms with Crippen molar-refractivity contribution in [3.63, 3.8) is 0 Å². The monoisotopic (exact) mass is 403 g/mol. The summed E-state index contributed by atoms with van der Waals surface area (Å²) in [6.07, 6.45) is 0.239. The predicted molar refractivity (Wildman–Crippen MR) is 93.3 cm³/mol. The highest BCUT2D eigenvalue weighted by molar-refractivity contribution is 7.13. The number of rotatable bonds is 4. The van der Waals surface area contributed by atoms with Gasteiger partial charge in [-0.25, -0.2) is 4.68 Å². The molecule has 2 aromatic carbocycles. The number of nitrogens with one attached hydrogen (secondary N) is 1. The lowest BCUT2D eigenvalue weighted by atomic mass is 10.1. The lowest BCUT2D eigenvalue weighted by Gasteiger charge is -2.08. The number of nitrogens with zero attached hydrogens (tertiary/aromatic N) is 1. The standard InChI is InChI=1S/C18H16N2O2S.BrH/c1-13-17(15-10-6-3-7-11-15)23-18(22)20(13)19-16(21)12-14-8-4-2-5-9-14;/h2-11H,12H2,1H3,(H,19,21);1H/p-1. The van der Waals surface area contributed by atoms with Gasteiger partial charge in [0, 0.05) is 0 Å². The van der Waals surface area contributed by atoms with Crippen molar-refractivity contribution in [1.82, 2.24) is 4.68 Å². The highest BCUT2D eigenvalue weighted by atomic mass is 79.9. The first-order valence-electron chi connectivity index (χ1n) is 7.27. The maximum Gasteiger partial charge on any atom is 0.326 e. The molecule has 0 unspecified atom stereocenters. The number of benzene rings is 2. The summed E-state index contributed by atoms with van der Waals surface area (Å²) in [5.41, 5.74) is 5.32. The van der Waals surface area contributed by atoms with E-state index in [9.17, 15) is 9.59 Å². The van der Waals surface area contributed by atoms with Crippen molar-refractivity contribution >= 4 is 17.2 Å². The summed E-state index contributed by atoms with van der Waals surface area (Å²) in [6.45, 7) is 1.84. The van der Waals surface area contributed by atoms with Crippen LogP contribution in [-0.2, 0) is 11.2 Å². The molecule has 1 aromatic heterocycles. The minimum absolute atomic E-state index is 0. The largest absolute Gasteiger partial charge is 1.00 e. The van der Waals surface area contributed by atoms with E-state index in [2.05, 4.69) is 5.43 Å². The molecule has 0 bridgehead atoms. The quantitative estimate of drug-likeness (QED) is 0.676. The maximum absolute atomic E-state index is 12.2. The smallest absolute Gasteiger partial charge is 0.326 e. The van der Waals surface area contributed by atoms with Crippen molar-refractivity contribution in [2.24, 2.45) is 0 Å². The van der Waals surface area contributed by atoms with Crippen LogP contribution < -0.4 is 27.3 Å². The summed E-state index contributed by atoms with van der Waals surface area (Å²) in [4.78, 5) is 25.0. The Morgan fingerprint density at radius 2 is 1.62 bits per heavy atom. The summed E-state index contributed by atoms with van der Waals surface area (Å²) >= 11 is 1.14. The van der Waals surface area contributed by atoms with Crippen molar-refractivity contribution in [2.45, 2.75) is 13.3 Å². The van der Waals surface area contributed by atoms with Gasteiger partial charge in [0.05, 0.1) is 17.0 Å². The van der Waals surface area contributed by atoms with E-state index >= 15 is 0 Å². The van der Waals surface area contributed by atoms with E-state index in [1.54, 1.807) is 0 Å². The molecule has 4 nitrogen and oxygen atoms in total. The van der Waals surface area contributed by atoms with E-state index in [0.29, 0.717) is 0 Å². The minimum Gasteiger partial charge on any atom is -1.00 e. The van der Waals surface area contributed by atoms with Gasteiger partial charge < -0.3 is 17.0 Å². The van der Waals surface area contributed by atoms with Crippen molar-refractivity contribution in [2.75, 3.05) is 5.43 Å². The van der Waals surface area contributed by atoms with Gasteiger partial charge >= 0.3 is 4.87 Å². The second-order valence-electron chi connectivity index (χ2n) is 5.18. The second-order valence-corrected chi connectivity index (χ2v) is 6.14. The third-order valence-electron chi connectivity index (χ3n) is 3.52. The Bertz CT molecular complexity index is 873. The molecule has 6 heteroatoms. The first kappa shape index (κ1) is 18.2. The summed E-state index contributed by atoms with van der Waals surface area (Å²) in [5.74, 6) is -0.209. The van der Waals surface area contributed by atoms with Gasteiger partial charge in [0.25, 0.3) is 0 Å². The van der Waals surface area contributed by atoms with E-state index in [4.69, 9.17) is 0 Å². The summed E-state index contributed by atoms with van der Waals surface area (Å²) in [6, 6.07) is 19.1. The molecule has 0 aliphatic carbocycles. The van der Waals surface area contributed by atoms with E-state index in [1.807, 2.05) is 67.6 Å². The Morgan fingerprint density at radius 1 is 1.04 bits per heavy atom. The molecule has 24 heavy (non-hydrogen) atoms. The molecule has 0 radical (unpaired) electrons. The average molecular weight is 404 g/mol. The number of aromatic nitrogens is 1. The molecule has 0 aliphatic rings. The van der Waals surface area contributed by atoms with Crippen LogP contribution in [0.1, 0.15) is 11.3 Å². The van der Waals surface area contributed by atoms with Gasteiger partial charge in [0.1, 0.15) is 0 Å². The summed E-state index contributed by atoms with van der Waals surface area (Å²) in [7, 11) is 0. The van der Waals surface area contributed by atoms with Gasteiger partial charge in [-0.1, -0.05) is 72.0 Å². The second kappa shape index (κ2) is 8.08. The van der Waals surface area contributed by atoms with Crippen LogP contribution in [0.4, 0.5) is 0 Å². The van der Waals surface area contributed by atoms with Crippen LogP contribution in [0.5, 0.6) is 0 Å². The van der Waals surface area contributed by atoms with Crippen molar-refractivity contribution in [1.29, 1.82) is 0 Å². The fraction of sp³-hybridized carbons (Fsp3) is 0.111. The molecular weight excluding hydrogens is 388 g/mol. The Morgan fingerprint density at radius 3 is 2.25 bits per heavy atom. The summed E-state index contributed by atoms with van der Waals surface area (Å²) in [5, 5.41) is 0. The van der Waals surface area contributed by atoms with Crippen LogP contribution in [0.2, 0.25) is 0 Å². The normalized spacial score (nSPS) is 10.0. The van der Waals surface area contributed by atoms with Crippen LogP contribution in [0.25, 0.3) is 10.4 Å². The van der Waals surface area contributed by atoms with Crippen LogP contribution >= 0.6 is 11.3 Å². The molecule has 3 rings (SSSR count). The van der Waals surface area contributed by atoms with E-state index in [0.717, 1.165) is 33.0 Å². The molecule has 1 heterocycles. The number of halogens is 1. The number of carbonyl (C=O) groups excluding carboxylic acids is 1. The third-order valence-corrected chi connectivity index (χ3v) is 4.61. The zero-order valence-electron chi connectivity index (χ0n) is 13.0. The van der Waals surface area contributed by atoms with Gasteiger partial charge in [-0.2, -0.15) is 0 Å². The topological polar surface area (TPSA) is 51.1 Å². The first-order valence-corrected chi connectivity index (χ1v) is 8.08. The molecule has 0 saturated heterocycles. The molecule has 1 N–H and O–H groups in total. The molecule has 0 aliphatic heterocycles. The van der Waals surface area contributed by atoms with Crippen LogP contribution in [-0.4, -0.2) is 10.6 Å². The van der Waals surface area contributed by atoms with Crippen molar-refractivity contribution < 1.29 is 21.8 Å². The summed E-state index contributed by atoms with van der Waals surface area (Å²) < 4.78 is 1.33. The van der Waals surface area contributed by atoms with Crippen LogP contribution in [0.15, 0.2) is 65.5 Å². The van der Waals surface area contributed by atoms with Gasteiger partial charge in [-0.15, -0.1) is 0 Å². The third kappa shape index (κ3) is 4.01. The Labute approximate surface area is 154 Å². The zero-order chi connectivity index (χ0) is 16.2. The van der Waals surface area contributed by atoms with Gasteiger partial charge in [-0.3, -0.25) is 15.0 Å². The van der Waals surface area contributed by atoms with Gasteiger partial charge in [0.2, 0.25) is 5.91 Å². The highest BCUT2D eigenvalue weighted by Gasteiger charge is 2.14. The molecule has 0 spiro atoms. The van der Waals surface area contributed by atoms with E-state index in [-0.39, 0.29) is 34.2 Å². The Hall–Kier alpha value is -2.18. The SMILES string of the molecule is Cc1c(-c2ccccc2)sc(=O)n1NC(=O)Cc1ccccc1.[Br-]. The molecule has 124 valence electrons. The Balaban J connectivity index is 0.00000208. The fourth-order valence-corrected chi connectivity index (χ4v) is 3.32. The lowest BCUT2D eigenvalue weighted by Crippen LogP contribution is -3.00. The molecule has 0 atom stereocenters. The minimum atomic E-state index is -0.209. The average Bonchev–Trinajstić information content (AvgIpc) is 2.85. The number of thiazole rings is 1. The maximum atomic E-state index is 12.2.